The second kappa shape index (κ2) is 9.71. The van der Waals surface area contributed by atoms with Gasteiger partial charge in [0.25, 0.3) is 5.56 Å². The van der Waals surface area contributed by atoms with E-state index in [2.05, 4.69) is 29.3 Å². The highest BCUT2D eigenvalue weighted by Gasteiger charge is 2.24. The van der Waals surface area contributed by atoms with Gasteiger partial charge in [-0.15, -0.1) is 0 Å². The number of nitrogens with zero attached hydrogens (tertiary/aromatic N) is 3. The van der Waals surface area contributed by atoms with Crippen molar-refractivity contribution in [2.24, 2.45) is 0 Å². The molecule has 1 amide bonds. The Labute approximate surface area is 182 Å². The van der Waals surface area contributed by atoms with Crippen LogP contribution >= 0.6 is 0 Å². The summed E-state index contributed by atoms with van der Waals surface area (Å²) in [6, 6.07) is 19.6. The maximum Gasteiger partial charge on any atom is 0.257 e. The monoisotopic (exact) mass is 416 g/mol. The number of carbonyl (C=O) groups excluding carboxylic acids is 1. The molecule has 0 aliphatic carbocycles. The second-order valence-electron chi connectivity index (χ2n) is 7.96. The number of aryl methyl sites for hydroxylation is 1. The number of hydrogen-bond acceptors (Lipinski definition) is 4. The van der Waals surface area contributed by atoms with Crippen LogP contribution in [0.15, 0.2) is 65.5 Å². The number of benzene rings is 2. The van der Waals surface area contributed by atoms with Crippen molar-refractivity contribution in [3.63, 3.8) is 0 Å². The molecule has 0 bridgehead atoms. The molecule has 31 heavy (non-hydrogen) atoms. The van der Waals surface area contributed by atoms with Gasteiger partial charge < -0.3 is 5.32 Å². The maximum atomic E-state index is 13.3. The zero-order chi connectivity index (χ0) is 21.6. The number of carbonyl (C=O) groups is 1. The van der Waals surface area contributed by atoms with E-state index >= 15 is 0 Å². The number of nitrogens with one attached hydrogen (secondary N) is 1. The van der Waals surface area contributed by atoms with Gasteiger partial charge in [0.1, 0.15) is 12.4 Å². The van der Waals surface area contributed by atoms with Crippen molar-refractivity contribution in [3.8, 4) is 0 Å². The summed E-state index contributed by atoms with van der Waals surface area (Å²) < 4.78 is 1.56. The first kappa shape index (κ1) is 21.0. The standard InChI is InChI=1S/C25H28N4O2/c1-2-9-23-27-22-17-28(16-19-10-5-3-6-11-19)15-14-21(22)25(31)29(23)18-24(30)26-20-12-7-4-8-13-20/h3-8,10-13H,2,9,14-18H2,1H3,(H,26,30). The predicted octanol–water partition coefficient (Wildman–Crippen LogP) is 3.39. The molecule has 6 heteroatoms. The van der Waals surface area contributed by atoms with Gasteiger partial charge in [-0.05, 0) is 30.5 Å². The van der Waals surface area contributed by atoms with E-state index in [0.717, 1.165) is 36.5 Å². The van der Waals surface area contributed by atoms with Crippen molar-refractivity contribution in [1.29, 1.82) is 0 Å². The third kappa shape index (κ3) is 5.09. The molecule has 6 nitrogen and oxygen atoms in total. The van der Waals surface area contributed by atoms with Gasteiger partial charge in [-0.2, -0.15) is 0 Å². The molecule has 0 saturated carbocycles. The number of fused-ring (bicyclic) bond motifs is 1. The molecule has 1 aromatic heterocycles. The van der Waals surface area contributed by atoms with E-state index in [1.165, 1.54) is 5.56 Å². The Morgan fingerprint density at radius 1 is 1.06 bits per heavy atom. The van der Waals surface area contributed by atoms with Gasteiger partial charge in [-0.3, -0.25) is 19.1 Å². The number of aromatic nitrogens is 2. The summed E-state index contributed by atoms with van der Waals surface area (Å²) in [4.78, 5) is 33.1. The minimum atomic E-state index is -0.214. The lowest BCUT2D eigenvalue weighted by atomic mass is 10.0. The number of rotatable bonds is 7. The van der Waals surface area contributed by atoms with E-state index < -0.39 is 0 Å². The average Bonchev–Trinajstić information content (AvgIpc) is 2.78. The van der Waals surface area contributed by atoms with Gasteiger partial charge in [0, 0.05) is 37.3 Å². The molecule has 0 saturated heterocycles. The normalized spacial score (nSPS) is 13.6. The van der Waals surface area contributed by atoms with Crippen molar-refractivity contribution in [2.45, 2.75) is 45.8 Å². The topological polar surface area (TPSA) is 67.2 Å². The highest BCUT2D eigenvalue weighted by Crippen LogP contribution is 2.18. The zero-order valence-electron chi connectivity index (χ0n) is 17.9. The molecule has 0 atom stereocenters. The van der Waals surface area contributed by atoms with Crippen LogP contribution in [0.4, 0.5) is 5.69 Å². The number of para-hydroxylation sites is 1. The first-order chi connectivity index (χ1) is 15.1. The van der Waals surface area contributed by atoms with Crippen molar-refractivity contribution in [1.82, 2.24) is 14.5 Å². The number of amides is 1. The Hall–Kier alpha value is -3.25. The molecule has 0 unspecified atom stereocenters. The lowest BCUT2D eigenvalue weighted by Gasteiger charge is -2.29. The summed E-state index contributed by atoms with van der Waals surface area (Å²) in [6.45, 7) is 4.35. The molecule has 1 N–H and O–H groups in total. The highest BCUT2D eigenvalue weighted by molar-refractivity contribution is 5.90. The van der Waals surface area contributed by atoms with Gasteiger partial charge in [-0.25, -0.2) is 4.98 Å². The van der Waals surface area contributed by atoms with Crippen LogP contribution in [-0.4, -0.2) is 26.9 Å². The first-order valence-electron chi connectivity index (χ1n) is 10.9. The van der Waals surface area contributed by atoms with Gasteiger partial charge in [0.15, 0.2) is 0 Å². The van der Waals surface area contributed by atoms with E-state index in [4.69, 9.17) is 4.98 Å². The van der Waals surface area contributed by atoms with Gasteiger partial charge in [-0.1, -0.05) is 55.5 Å². The molecule has 0 fully saturated rings. The molecule has 2 aromatic carbocycles. The van der Waals surface area contributed by atoms with Crippen molar-refractivity contribution in [2.75, 3.05) is 11.9 Å². The van der Waals surface area contributed by atoms with Crippen LogP contribution in [0.5, 0.6) is 0 Å². The lowest BCUT2D eigenvalue weighted by molar-refractivity contribution is -0.116. The Balaban J connectivity index is 1.55. The van der Waals surface area contributed by atoms with E-state index in [1.54, 1.807) is 4.57 Å². The van der Waals surface area contributed by atoms with Crippen LogP contribution in [0.3, 0.4) is 0 Å². The predicted molar refractivity (Wildman–Crippen MR) is 122 cm³/mol. The molecular weight excluding hydrogens is 388 g/mol. The fourth-order valence-corrected chi connectivity index (χ4v) is 4.05. The number of anilines is 1. The van der Waals surface area contributed by atoms with Gasteiger partial charge in [0.2, 0.25) is 5.91 Å². The summed E-state index contributed by atoms with van der Waals surface area (Å²) in [5.74, 6) is 0.477. The van der Waals surface area contributed by atoms with Crippen LogP contribution in [0.2, 0.25) is 0 Å². The Bertz CT molecular complexity index is 1090. The molecule has 3 aromatic rings. The second-order valence-corrected chi connectivity index (χ2v) is 7.96. The van der Waals surface area contributed by atoms with Crippen LogP contribution in [-0.2, 0) is 37.3 Å². The van der Waals surface area contributed by atoms with Gasteiger partial charge in [0.05, 0.1) is 5.69 Å². The van der Waals surface area contributed by atoms with Crippen LogP contribution < -0.4 is 10.9 Å². The quantitative estimate of drug-likeness (QED) is 0.641. The smallest absolute Gasteiger partial charge is 0.257 e. The van der Waals surface area contributed by atoms with Crippen LogP contribution in [0.1, 0.15) is 36.0 Å². The maximum absolute atomic E-state index is 13.3. The summed E-state index contributed by atoms with van der Waals surface area (Å²) in [5, 5.41) is 2.87. The molecule has 2 heterocycles. The van der Waals surface area contributed by atoms with Crippen molar-refractivity contribution in [3.05, 3.63) is 93.7 Å². The van der Waals surface area contributed by atoms with Crippen LogP contribution in [0.25, 0.3) is 0 Å². The lowest BCUT2D eigenvalue weighted by Crippen LogP contribution is -2.40. The molecule has 160 valence electrons. The summed E-state index contributed by atoms with van der Waals surface area (Å²) >= 11 is 0. The largest absolute Gasteiger partial charge is 0.325 e. The third-order valence-corrected chi connectivity index (χ3v) is 5.56. The van der Waals surface area contributed by atoms with Crippen molar-refractivity contribution >= 4 is 11.6 Å². The Morgan fingerprint density at radius 3 is 2.48 bits per heavy atom. The molecular formula is C25H28N4O2. The minimum Gasteiger partial charge on any atom is -0.325 e. The molecule has 1 aliphatic rings. The van der Waals surface area contributed by atoms with E-state index in [1.807, 2.05) is 48.5 Å². The van der Waals surface area contributed by atoms with Crippen LogP contribution in [0, 0.1) is 0 Å². The summed E-state index contributed by atoms with van der Waals surface area (Å²) in [7, 11) is 0. The molecule has 0 radical (unpaired) electrons. The van der Waals surface area contributed by atoms with E-state index in [9.17, 15) is 9.59 Å². The van der Waals surface area contributed by atoms with Crippen molar-refractivity contribution < 1.29 is 4.79 Å². The Morgan fingerprint density at radius 2 is 1.77 bits per heavy atom. The molecule has 0 spiro atoms. The highest BCUT2D eigenvalue weighted by atomic mass is 16.2. The fraction of sp³-hybridized carbons (Fsp3) is 0.320. The summed E-state index contributed by atoms with van der Waals surface area (Å²) in [6.07, 6.45) is 2.18. The van der Waals surface area contributed by atoms with E-state index in [-0.39, 0.29) is 18.0 Å². The fourth-order valence-electron chi connectivity index (χ4n) is 4.05. The zero-order valence-corrected chi connectivity index (χ0v) is 17.9. The summed E-state index contributed by atoms with van der Waals surface area (Å²) in [5.41, 5.74) is 3.51. The average molecular weight is 417 g/mol. The number of hydrogen-bond donors (Lipinski definition) is 1. The third-order valence-electron chi connectivity index (χ3n) is 5.56. The Kier molecular flexibility index (Phi) is 6.57. The first-order valence-corrected chi connectivity index (χ1v) is 10.9. The molecule has 4 rings (SSSR count). The van der Waals surface area contributed by atoms with E-state index in [0.29, 0.717) is 25.2 Å². The SMILES string of the molecule is CCCc1nc2c(c(=O)n1CC(=O)Nc1ccccc1)CCN(Cc1ccccc1)C2. The molecule has 1 aliphatic heterocycles. The van der Waals surface area contributed by atoms with Gasteiger partial charge >= 0.3 is 0 Å². The minimum absolute atomic E-state index is 0.0168.